The van der Waals surface area contributed by atoms with Crippen LogP contribution in [0.5, 0.6) is 0 Å². The summed E-state index contributed by atoms with van der Waals surface area (Å²) in [4.78, 5) is 18.5. The van der Waals surface area contributed by atoms with Gasteiger partial charge in [-0.25, -0.2) is 4.98 Å². The number of rotatable bonds is 3. The molecule has 104 valence electrons. The number of nitrogens with zero attached hydrogens (tertiary/aromatic N) is 2. The molecule has 1 N–H and O–H groups in total. The molecule has 4 nitrogen and oxygen atoms in total. The van der Waals surface area contributed by atoms with Gasteiger partial charge in [0.2, 0.25) is 5.91 Å². The molecule has 0 spiro atoms. The fraction of sp³-hybridized carbons (Fsp3) is 0.286. The van der Waals surface area contributed by atoms with E-state index in [0.29, 0.717) is 24.0 Å². The number of hydrogen-bond donors (Lipinski definition) is 1. The van der Waals surface area contributed by atoms with Crippen molar-refractivity contribution in [2.75, 3.05) is 12.4 Å². The van der Waals surface area contributed by atoms with Gasteiger partial charge in [-0.2, -0.15) is 0 Å². The van der Waals surface area contributed by atoms with E-state index in [-0.39, 0.29) is 5.91 Å². The number of nitrogens with one attached hydrogen (secondary N) is 1. The third-order valence-corrected chi connectivity index (χ3v) is 4.49. The van der Waals surface area contributed by atoms with Gasteiger partial charge in [0.15, 0.2) is 4.47 Å². The van der Waals surface area contributed by atoms with E-state index in [1.54, 1.807) is 11.1 Å². The number of fused-ring (bicyclic) bond motifs is 1. The van der Waals surface area contributed by atoms with Gasteiger partial charge in [-0.15, -0.1) is 11.3 Å². The number of thiazole rings is 1. The summed E-state index contributed by atoms with van der Waals surface area (Å²) in [5, 5.41) is 3.36. The SMILES string of the molecule is CN1Cc2cc(NCc3cnc(Cl)s3)ccc2CC1=O. The fourth-order valence-electron chi connectivity index (χ4n) is 2.25. The van der Waals surface area contributed by atoms with Crippen LogP contribution in [0.2, 0.25) is 4.47 Å². The molecule has 2 aromatic rings. The molecule has 0 unspecified atom stereocenters. The maximum absolute atomic E-state index is 11.6. The van der Waals surface area contributed by atoms with Crippen molar-refractivity contribution in [1.29, 1.82) is 0 Å². The minimum Gasteiger partial charge on any atom is -0.380 e. The Bertz CT molecular complexity index is 656. The van der Waals surface area contributed by atoms with E-state index in [9.17, 15) is 4.79 Å². The molecule has 6 heteroatoms. The summed E-state index contributed by atoms with van der Waals surface area (Å²) in [6.45, 7) is 1.38. The van der Waals surface area contributed by atoms with Gasteiger partial charge in [0.25, 0.3) is 0 Å². The molecule has 1 aliphatic rings. The van der Waals surface area contributed by atoms with E-state index < -0.39 is 0 Å². The Morgan fingerprint density at radius 3 is 3.05 bits per heavy atom. The highest BCUT2D eigenvalue weighted by Crippen LogP contribution is 2.24. The van der Waals surface area contributed by atoms with Crippen molar-refractivity contribution < 1.29 is 4.79 Å². The molecule has 1 aromatic carbocycles. The monoisotopic (exact) mass is 307 g/mol. The number of carbonyl (C=O) groups excluding carboxylic acids is 1. The maximum atomic E-state index is 11.6. The van der Waals surface area contributed by atoms with Gasteiger partial charge in [0.1, 0.15) is 0 Å². The lowest BCUT2D eigenvalue weighted by molar-refractivity contribution is -0.130. The maximum Gasteiger partial charge on any atom is 0.227 e. The van der Waals surface area contributed by atoms with Crippen LogP contribution in [-0.2, 0) is 24.3 Å². The van der Waals surface area contributed by atoms with E-state index in [1.165, 1.54) is 16.9 Å². The summed E-state index contributed by atoms with van der Waals surface area (Å²) >= 11 is 7.28. The van der Waals surface area contributed by atoms with Crippen molar-refractivity contribution in [2.24, 2.45) is 0 Å². The van der Waals surface area contributed by atoms with Crippen molar-refractivity contribution in [3.63, 3.8) is 0 Å². The fourth-order valence-corrected chi connectivity index (χ4v) is 3.17. The van der Waals surface area contributed by atoms with Crippen LogP contribution in [0.1, 0.15) is 16.0 Å². The molecule has 0 aliphatic carbocycles. The molecule has 1 aliphatic heterocycles. The first kappa shape index (κ1) is 13.4. The highest BCUT2D eigenvalue weighted by Gasteiger charge is 2.19. The third kappa shape index (κ3) is 2.78. The Kier molecular flexibility index (Phi) is 3.63. The van der Waals surface area contributed by atoms with Crippen LogP contribution >= 0.6 is 22.9 Å². The minimum absolute atomic E-state index is 0.178. The Labute approximate surface area is 126 Å². The summed E-state index contributed by atoms with van der Waals surface area (Å²) in [5.41, 5.74) is 3.38. The number of anilines is 1. The minimum atomic E-state index is 0.178. The lowest BCUT2D eigenvalue weighted by atomic mass is 9.99. The van der Waals surface area contributed by atoms with Crippen LogP contribution in [0.4, 0.5) is 5.69 Å². The van der Waals surface area contributed by atoms with Crippen molar-refractivity contribution in [3.05, 3.63) is 44.9 Å². The number of likely N-dealkylation sites (N-methyl/N-ethyl adjacent to an activating group) is 1. The zero-order valence-corrected chi connectivity index (χ0v) is 12.6. The van der Waals surface area contributed by atoms with Gasteiger partial charge in [0, 0.05) is 30.4 Å². The smallest absolute Gasteiger partial charge is 0.227 e. The highest BCUT2D eigenvalue weighted by atomic mass is 35.5. The van der Waals surface area contributed by atoms with Crippen LogP contribution in [0.3, 0.4) is 0 Å². The first-order valence-electron chi connectivity index (χ1n) is 6.31. The summed E-state index contributed by atoms with van der Waals surface area (Å²) in [5.74, 6) is 0.178. The largest absolute Gasteiger partial charge is 0.380 e. The first-order valence-corrected chi connectivity index (χ1v) is 7.51. The van der Waals surface area contributed by atoms with Crippen molar-refractivity contribution in [3.8, 4) is 0 Å². The van der Waals surface area contributed by atoms with Gasteiger partial charge in [-0.05, 0) is 23.3 Å². The Morgan fingerprint density at radius 1 is 1.45 bits per heavy atom. The predicted octanol–water partition coefficient (Wildman–Crippen LogP) is 2.92. The molecular formula is C14H14ClN3OS. The Balaban J connectivity index is 1.72. The molecule has 0 radical (unpaired) electrons. The van der Waals surface area contributed by atoms with Crippen LogP contribution in [0.15, 0.2) is 24.4 Å². The van der Waals surface area contributed by atoms with E-state index >= 15 is 0 Å². The summed E-state index contributed by atoms with van der Waals surface area (Å²) in [6, 6.07) is 6.16. The van der Waals surface area contributed by atoms with E-state index in [4.69, 9.17) is 11.6 Å². The van der Waals surface area contributed by atoms with Gasteiger partial charge in [0.05, 0.1) is 13.0 Å². The van der Waals surface area contributed by atoms with Gasteiger partial charge in [-0.1, -0.05) is 17.7 Å². The quantitative estimate of drug-likeness (QED) is 0.948. The molecular weight excluding hydrogens is 294 g/mol. The van der Waals surface area contributed by atoms with E-state index in [0.717, 1.165) is 16.1 Å². The zero-order chi connectivity index (χ0) is 14.1. The van der Waals surface area contributed by atoms with Crippen LogP contribution < -0.4 is 5.32 Å². The van der Waals surface area contributed by atoms with Gasteiger partial charge in [-0.3, -0.25) is 4.79 Å². The van der Waals surface area contributed by atoms with Gasteiger partial charge >= 0.3 is 0 Å². The van der Waals surface area contributed by atoms with Gasteiger partial charge < -0.3 is 10.2 Å². The number of amides is 1. The molecule has 20 heavy (non-hydrogen) atoms. The second-order valence-corrected chi connectivity index (χ2v) is 6.54. The van der Waals surface area contributed by atoms with Crippen LogP contribution in [-0.4, -0.2) is 22.8 Å². The van der Waals surface area contributed by atoms with Crippen molar-refractivity contribution >= 4 is 34.5 Å². The molecule has 1 aromatic heterocycles. The molecule has 0 saturated heterocycles. The summed E-state index contributed by atoms with van der Waals surface area (Å²) in [7, 11) is 1.84. The average Bonchev–Trinajstić information content (AvgIpc) is 2.84. The molecule has 0 fully saturated rings. The number of benzene rings is 1. The van der Waals surface area contributed by atoms with Crippen LogP contribution in [0.25, 0.3) is 0 Å². The average molecular weight is 308 g/mol. The van der Waals surface area contributed by atoms with E-state index in [1.807, 2.05) is 19.2 Å². The Morgan fingerprint density at radius 2 is 2.30 bits per heavy atom. The lowest BCUT2D eigenvalue weighted by Crippen LogP contribution is -2.32. The predicted molar refractivity (Wildman–Crippen MR) is 81.1 cm³/mol. The topological polar surface area (TPSA) is 45.2 Å². The second kappa shape index (κ2) is 5.42. The molecule has 1 amide bonds. The van der Waals surface area contributed by atoms with Crippen molar-refractivity contribution in [2.45, 2.75) is 19.5 Å². The normalized spacial score (nSPS) is 14.3. The molecule has 0 saturated carbocycles. The number of carbonyl (C=O) groups is 1. The first-order chi connectivity index (χ1) is 9.61. The molecule has 0 atom stereocenters. The molecule has 0 bridgehead atoms. The Hall–Kier alpha value is -1.59. The molecule has 2 heterocycles. The second-order valence-electron chi connectivity index (χ2n) is 4.84. The summed E-state index contributed by atoms with van der Waals surface area (Å²) < 4.78 is 0.562. The number of halogens is 1. The number of hydrogen-bond acceptors (Lipinski definition) is 4. The standard InChI is InChI=1S/C14H14ClN3OS/c1-18-8-10-4-11(3-2-9(10)5-13(18)19)16-6-12-7-17-14(15)20-12/h2-4,7,16H,5-6,8H2,1H3. The highest BCUT2D eigenvalue weighted by molar-refractivity contribution is 7.15. The zero-order valence-electron chi connectivity index (χ0n) is 11.0. The number of aromatic nitrogens is 1. The molecule has 3 rings (SSSR count). The van der Waals surface area contributed by atoms with Crippen LogP contribution in [0, 0.1) is 0 Å². The summed E-state index contributed by atoms with van der Waals surface area (Å²) in [6.07, 6.45) is 2.28. The lowest BCUT2D eigenvalue weighted by Gasteiger charge is -2.25. The van der Waals surface area contributed by atoms with E-state index in [2.05, 4.69) is 16.4 Å². The van der Waals surface area contributed by atoms with Crippen molar-refractivity contribution in [1.82, 2.24) is 9.88 Å². The third-order valence-electron chi connectivity index (χ3n) is 3.37.